The van der Waals surface area contributed by atoms with Crippen LogP contribution in [0.25, 0.3) is 0 Å². The van der Waals surface area contributed by atoms with Gasteiger partial charge in [-0.05, 0) is 23.3 Å². The van der Waals surface area contributed by atoms with Gasteiger partial charge in [0.1, 0.15) is 23.9 Å². The number of hydrogen-bond acceptors (Lipinski definition) is 4. The normalized spacial score (nSPS) is 13.4. The van der Waals surface area contributed by atoms with Crippen LogP contribution in [-0.2, 0) is 19.7 Å². The van der Waals surface area contributed by atoms with Crippen LogP contribution in [0.4, 0.5) is 4.39 Å². The average molecular weight is 381 g/mol. The standard InChI is InChI=1S/C21H20FN3O3/c1-27-18-10-16(9-17(22)11-18)13-24-7-8-25-19(21(24)26)12-20(23-25)28-14-15-5-3-2-4-6-15/h2-6,9-12H,7-8,13-14H2,1H3. The molecule has 0 fully saturated rings. The minimum atomic E-state index is -0.388. The summed E-state index contributed by atoms with van der Waals surface area (Å²) < 4.78 is 26.2. The number of methoxy groups -OCH3 is 1. The Morgan fingerprint density at radius 2 is 1.89 bits per heavy atom. The molecule has 2 aromatic carbocycles. The Morgan fingerprint density at radius 1 is 1.07 bits per heavy atom. The second kappa shape index (κ2) is 7.72. The highest BCUT2D eigenvalue weighted by Crippen LogP contribution is 2.22. The number of ether oxygens (including phenoxy) is 2. The maximum absolute atomic E-state index is 13.7. The second-order valence-electron chi connectivity index (χ2n) is 6.59. The van der Waals surface area contributed by atoms with E-state index in [1.54, 1.807) is 21.7 Å². The lowest BCUT2D eigenvalue weighted by Crippen LogP contribution is -2.39. The van der Waals surface area contributed by atoms with Gasteiger partial charge in [0.25, 0.3) is 5.91 Å². The van der Waals surface area contributed by atoms with Crippen LogP contribution in [0.1, 0.15) is 21.6 Å². The molecular weight excluding hydrogens is 361 g/mol. The fraction of sp³-hybridized carbons (Fsp3) is 0.238. The molecule has 0 bridgehead atoms. The van der Waals surface area contributed by atoms with Crippen LogP contribution in [0.2, 0.25) is 0 Å². The highest BCUT2D eigenvalue weighted by molar-refractivity contribution is 5.93. The van der Waals surface area contributed by atoms with Crippen LogP contribution in [0.15, 0.2) is 54.6 Å². The molecule has 2 heterocycles. The number of carbonyl (C=O) groups is 1. The maximum atomic E-state index is 13.7. The largest absolute Gasteiger partial charge is 0.497 e. The number of carbonyl (C=O) groups excluding carboxylic acids is 1. The zero-order valence-electron chi connectivity index (χ0n) is 15.5. The zero-order chi connectivity index (χ0) is 19.5. The summed E-state index contributed by atoms with van der Waals surface area (Å²) in [5.41, 5.74) is 2.18. The number of rotatable bonds is 6. The molecule has 0 N–H and O–H groups in total. The van der Waals surface area contributed by atoms with E-state index in [9.17, 15) is 9.18 Å². The van der Waals surface area contributed by atoms with E-state index in [2.05, 4.69) is 5.10 Å². The predicted molar refractivity (Wildman–Crippen MR) is 101 cm³/mol. The smallest absolute Gasteiger partial charge is 0.272 e. The van der Waals surface area contributed by atoms with Crippen molar-refractivity contribution in [2.24, 2.45) is 0 Å². The third kappa shape index (κ3) is 3.83. The van der Waals surface area contributed by atoms with Gasteiger partial charge in [0.05, 0.1) is 13.7 Å². The lowest BCUT2D eigenvalue weighted by Gasteiger charge is -2.27. The third-order valence-corrected chi connectivity index (χ3v) is 4.62. The highest BCUT2D eigenvalue weighted by atomic mass is 19.1. The number of fused-ring (bicyclic) bond motifs is 1. The molecule has 1 aromatic heterocycles. The van der Waals surface area contributed by atoms with E-state index in [1.165, 1.54) is 19.2 Å². The molecule has 0 unspecified atom stereocenters. The first-order chi connectivity index (χ1) is 13.6. The van der Waals surface area contributed by atoms with Gasteiger partial charge in [-0.2, -0.15) is 0 Å². The van der Waals surface area contributed by atoms with Crippen LogP contribution in [0.3, 0.4) is 0 Å². The first-order valence-electron chi connectivity index (χ1n) is 8.99. The van der Waals surface area contributed by atoms with Gasteiger partial charge in [0, 0.05) is 25.2 Å². The Morgan fingerprint density at radius 3 is 2.68 bits per heavy atom. The van der Waals surface area contributed by atoms with Crippen molar-refractivity contribution in [2.45, 2.75) is 19.7 Å². The monoisotopic (exact) mass is 381 g/mol. The van der Waals surface area contributed by atoms with E-state index in [-0.39, 0.29) is 11.7 Å². The fourth-order valence-electron chi connectivity index (χ4n) is 3.22. The molecule has 0 saturated carbocycles. The summed E-state index contributed by atoms with van der Waals surface area (Å²) in [7, 11) is 1.49. The Balaban J connectivity index is 1.46. The van der Waals surface area contributed by atoms with Crippen LogP contribution < -0.4 is 9.47 Å². The molecule has 0 spiro atoms. The number of halogens is 1. The molecule has 4 rings (SSSR count). The summed E-state index contributed by atoms with van der Waals surface area (Å²) >= 11 is 0. The zero-order valence-corrected chi connectivity index (χ0v) is 15.5. The van der Waals surface area contributed by atoms with E-state index >= 15 is 0 Å². The maximum Gasteiger partial charge on any atom is 0.272 e. The van der Waals surface area contributed by atoms with Crippen LogP contribution in [0.5, 0.6) is 11.6 Å². The van der Waals surface area contributed by atoms with Gasteiger partial charge >= 0.3 is 0 Å². The Bertz CT molecular complexity index is 988. The van der Waals surface area contributed by atoms with E-state index in [0.29, 0.717) is 49.1 Å². The Hall–Kier alpha value is -3.35. The highest BCUT2D eigenvalue weighted by Gasteiger charge is 2.27. The number of nitrogens with zero attached hydrogens (tertiary/aromatic N) is 3. The molecule has 144 valence electrons. The quantitative estimate of drug-likeness (QED) is 0.658. The molecule has 1 aliphatic heterocycles. The summed E-state index contributed by atoms with van der Waals surface area (Å²) in [6.07, 6.45) is 0. The topological polar surface area (TPSA) is 56.6 Å². The summed E-state index contributed by atoms with van der Waals surface area (Å²) in [6.45, 7) is 1.74. The molecule has 28 heavy (non-hydrogen) atoms. The van der Waals surface area contributed by atoms with Crippen molar-refractivity contribution in [3.63, 3.8) is 0 Å². The van der Waals surface area contributed by atoms with Gasteiger partial charge in [-0.3, -0.25) is 9.48 Å². The van der Waals surface area contributed by atoms with Gasteiger partial charge in [0.15, 0.2) is 0 Å². The van der Waals surface area contributed by atoms with Crippen LogP contribution in [0, 0.1) is 5.82 Å². The number of benzene rings is 2. The Kier molecular flexibility index (Phi) is 4.97. The van der Waals surface area contributed by atoms with Gasteiger partial charge in [0.2, 0.25) is 5.88 Å². The number of aromatic nitrogens is 2. The summed E-state index contributed by atoms with van der Waals surface area (Å²) in [5, 5.41) is 4.37. The minimum absolute atomic E-state index is 0.156. The third-order valence-electron chi connectivity index (χ3n) is 4.62. The summed E-state index contributed by atoms with van der Waals surface area (Å²) in [5.74, 6) is 0.305. The molecule has 0 aliphatic carbocycles. The lowest BCUT2D eigenvalue weighted by molar-refractivity contribution is 0.0683. The molecule has 3 aromatic rings. The molecule has 1 aliphatic rings. The molecule has 0 radical (unpaired) electrons. The van der Waals surface area contributed by atoms with E-state index in [4.69, 9.17) is 9.47 Å². The van der Waals surface area contributed by atoms with Gasteiger partial charge in [-0.25, -0.2) is 4.39 Å². The van der Waals surface area contributed by atoms with Crippen molar-refractivity contribution in [1.82, 2.24) is 14.7 Å². The van der Waals surface area contributed by atoms with Crippen molar-refractivity contribution in [3.05, 3.63) is 77.2 Å². The lowest BCUT2D eigenvalue weighted by atomic mass is 10.1. The van der Waals surface area contributed by atoms with Crippen LogP contribution in [-0.4, -0.2) is 34.2 Å². The average Bonchev–Trinajstić information content (AvgIpc) is 3.13. The second-order valence-corrected chi connectivity index (χ2v) is 6.59. The molecule has 1 amide bonds. The van der Waals surface area contributed by atoms with Gasteiger partial charge < -0.3 is 14.4 Å². The first kappa shape index (κ1) is 18.0. The van der Waals surface area contributed by atoms with Crippen LogP contribution >= 0.6 is 0 Å². The SMILES string of the molecule is COc1cc(F)cc(CN2CCn3nc(OCc4ccccc4)cc3C2=O)c1. The van der Waals surface area contributed by atoms with Crippen molar-refractivity contribution in [2.75, 3.05) is 13.7 Å². The van der Waals surface area contributed by atoms with E-state index < -0.39 is 0 Å². The van der Waals surface area contributed by atoms with Gasteiger partial charge in [-0.15, -0.1) is 5.10 Å². The molecule has 6 nitrogen and oxygen atoms in total. The molecular formula is C21H20FN3O3. The Labute approximate surface area is 162 Å². The molecule has 7 heteroatoms. The predicted octanol–water partition coefficient (Wildman–Crippen LogP) is 3.27. The van der Waals surface area contributed by atoms with Crippen molar-refractivity contribution in [1.29, 1.82) is 0 Å². The van der Waals surface area contributed by atoms with E-state index in [0.717, 1.165) is 5.56 Å². The van der Waals surface area contributed by atoms with Crippen molar-refractivity contribution >= 4 is 5.91 Å². The summed E-state index contributed by atoms with van der Waals surface area (Å²) in [6, 6.07) is 15.9. The number of hydrogen-bond donors (Lipinski definition) is 0. The summed E-state index contributed by atoms with van der Waals surface area (Å²) in [4.78, 5) is 14.5. The molecule has 0 atom stereocenters. The fourth-order valence-corrected chi connectivity index (χ4v) is 3.22. The van der Waals surface area contributed by atoms with E-state index in [1.807, 2.05) is 30.3 Å². The van der Waals surface area contributed by atoms with Crippen molar-refractivity contribution < 1.29 is 18.7 Å². The first-order valence-corrected chi connectivity index (χ1v) is 8.99. The number of amides is 1. The van der Waals surface area contributed by atoms with Gasteiger partial charge in [-0.1, -0.05) is 30.3 Å². The minimum Gasteiger partial charge on any atom is -0.497 e. The molecule has 0 saturated heterocycles. The van der Waals surface area contributed by atoms with Crippen molar-refractivity contribution in [3.8, 4) is 11.6 Å².